The maximum absolute atomic E-state index is 12.2. The van der Waals surface area contributed by atoms with E-state index in [-0.39, 0.29) is 35.8 Å². The third-order valence-corrected chi connectivity index (χ3v) is 4.85. The van der Waals surface area contributed by atoms with Gasteiger partial charge in [-0.3, -0.25) is 4.98 Å². The van der Waals surface area contributed by atoms with Crippen molar-refractivity contribution in [3.8, 4) is 0 Å². The third-order valence-electron chi connectivity index (χ3n) is 4.85. The second kappa shape index (κ2) is 6.40. The van der Waals surface area contributed by atoms with Gasteiger partial charge < -0.3 is 14.8 Å². The monoisotopic (exact) mass is 316 g/mol. The zero-order valence-corrected chi connectivity index (χ0v) is 13.2. The topological polar surface area (TPSA) is 77.5 Å². The molecule has 6 heteroatoms. The van der Waals surface area contributed by atoms with Gasteiger partial charge >= 0.3 is 11.9 Å². The SMILES string of the molecule is COC(=O)C1=CNCC2C1CC(OC(=O)c1cccnc1)C2C. The molecule has 0 spiro atoms. The summed E-state index contributed by atoms with van der Waals surface area (Å²) < 4.78 is 10.5. The Kier molecular flexibility index (Phi) is 4.32. The molecular formula is C17H20N2O4. The number of pyridine rings is 1. The molecule has 1 aromatic heterocycles. The highest BCUT2D eigenvalue weighted by Crippen LogP contribution is 2.44. The summed E-state index contributed by atoms with van der Waals surface area (Å²) >= 11 is 0. The Morgan fingerprint density at radius 2 is 2.17 bits per heavy atom. The number of rotatable bonds is 3. The van der Waals surface area contributed by atoms with Gasteiger partial charge in [0.1, 0.15) is 6.10 Å². The van der Waals surface area contributed by atoms with Gasteiger partial charge in [0.15, 0.2) is 0 Å². The van der Waals surface area contributed by atoms with Crippen molar-refractivity contribution >= 4 is 11.9 Å². The van der Waals surface area contributed by atoms with E-state index in [1.54, 1.807) is 24.5 Å². The van der Waals surface area contributed by atoms with Crippen LogP contribution in [0.25, 0.3) is 0 Å². The van der Waals surface area contributed by atoms with E-state index in [0.29, 0.717) is 17.6 Å². The lowest BCUT2D eigenvalue weighted by Gasteiger charge is -2.28. The lowest BCUT2D eigenvalue weighted by atomic mass is 9.83. The van der Waals surface area contributed by atoms with Gasteiger partial charge in [0.05, 0.1) is 18.2 Å². The number of nitrogens with zero attached hydrogens (tertiary/aromatic N) is 1. The average Bonchev–Trinajstić information content (AvgIpc) is 2.91. The standard InChI is InChI=1S/C17H20N2O4/c1-10-13-8-19-9-14(17(21)22-2)12(13)6-15(10)23-16(20)11-4-3-5-18-7-11/h3-5,7,9-10,12-13,15,19H,6,8H2,1-2H3. The average molecular weight is 316 g/mol. The Labute approximate surface area is 134 Å². The molecule has 0 radical (unpaired) electrons. The molecule has 3 rings (SSSR count). The zero-order chi connectivity index (χ0) is 16.4. The quantitative estimate of drug-likeness (QED) is 0.852. The van der Waals surface area contributed by atoms with Gasteiger partial charge in [-0.05, 0) is 30.4 Å². The lowest BCUT2D eigenvalue weighted by molar-refractivity contribution is -0.137. The Balaban J connectivity index is 1.73. The second-order valence-electron chi connectivity index (χ2n) is 6.05. The van der Waals surface area contributed by atoms with Crippen LogP contribution in [0.4, 0.5) is 0 Å². The Hall–Kier alpha value is -2.37. The van der Waals surface area contributed by atoms with Gasteiger partial charge in [0, 0.05) is 31.1 Å². The smallest absolute Gasteiger partial charge is 0.339 e. The van der Waals surface area contributed by atoms with E-state index >= 15 is 0 Å². The van der Waals surface area contributed by atoms with E-state index in [1.807, 2.05) is 0 Å². The van der Waals surface area contributed by atoms with E-state index in [9.17, 15) is 9.59 Å². The molecule has 0 bridgehead atoms. The van der Waals surface area contributed by atoms with Crippen LogP contribution in [0.1, 0.15) is 23.7 Å². The largest absolute Gasteiger partial charge is 0.466 e. The first-order valence-corrected chi connectivity index (χ1v) is 7.74. The second-order valence-corrected chi connectivity index (χ2v) is 6.05. The number of esters is 2. The number of carbonyl (C=O) groups is 2. The molecule has 2 aliphatic rings. The number of methoxy groups -OCH3 is 1. The zero-order valence-electron chi connectivity index (χ0n) is 13.2. The van der Waals surface area contributed by atoms with Crippen LogP contribution in [0.2, 0.25) is 0 Å². The maximum Gasteiger partial charge on any atom is 0.339 e. The molecular weight excluding hydrogens is 296 g/mol. The van der Waals surface area contributed by atoms with E-state index in [2.05, 4.69) is 17.2 Å². The molecule has 1 aliphatic carbocycles. The third kappa shape index (κ3) is 2.93. The number of hydrogen-bond donors (Lipinski definition) is 1. The van der Waals surface area contributed by atoms with Crippen molar-refractivity contribution in [2.24, 2.45) is 17.8 Å². The van der Waals surface area contributed by atoms with Crippen LogP contribution in [-0.2, 0) is 14.3 Å². The van der Waals surface area contributed by atoms with Gasteiger partial charge in [-0.15, -0.1) is 0 Å². The molecule has 6 nitrogen and oxygen atoms in total. The highest BCUT2D eigenvalue weighted by Gasteiger charge is 2.47. The molecule has 4 unspecified atom stereocenters. The first-order valence-electron chi connectivity index (χ1n) is 7.74. The summed E-state index contributed by atoms with van der Waals surface area (Å²) in [4.78, 5) is 28.1. The minimum absolute atomic E-state index is 0.0606. The summed E-state index contributed by atoms with van der Waals surface area (Å²) in [5.41, 5.74) is 1.08. The summed E-state index contributed by atoms with van der Waals surface area (Å²) in [6, 6.07) is 3.39. The molecule has 4 atom stereocenters. The summed E-state index contributed by atoms with van der Waals surface area (Å²) in [7, 11) is 1.38. The van der Waals surface area contributed by atoms with Gasteiger partial charge in [-0.2, -0.15) is 0 Å². The van der Waals surface area contributed by atoms with Crippen molar-refractivity contribution in [2.75, 3.05) is 13.7 Å². The summed E-state index contributed by atoms with van der Waals surface area (Å²) in [6.07, 6.45) is 5.26. The fraction of sp³-hybridized carbons (Fsp3) is 0.471. The van der Waals surface area contributed by atoms with Crippen molar-refractivity contribution in [3.05, 3.63) is 41.9 Å². The van der Waals surface area contributed by atoms with E-state index in [1.165, 1.54) is 13.3 Å². The molecule has 0 aromatic carbocycles. The van der Waals surface area contributed by atoms with Crippen molar-refractivity contribution in [1.82, 2.24) is 10.3 Å². The highest BCUT2D eigenvalue weighted by molar-refractivity contribution is 5.90. The molecule has 122 valence electrons. The maximum atomic E-state index is 12.2. The first-order chi connectivity index (χ1) is 11.1. The van der Waals surface area contributed by atoms with Gasteiger partial charge in [-0.25, -0.2) is 9.59 Å². The van der Waals surface area contributed by atoms with Crippen LogP contribution < -0.4 is 5.32 Å². The summed E-state index contributed by atoms with van der Waals surface area (Å²) in [5.74, 6) is -0.212. The number of fused-ring (bicyclic) bond motifs is 1. The minimum Gasteiger partial charge on any atom is -0.466 e. The fourth-order valence-electron chi connectivity index (χ4n) is 3.55. The fourth-order valence-corrected chi connectivity index (χ4v) is 3.55. The summed E-state index contributed by atoms with van der Waals surface area (Å²) in [6.45, 7) is 2.83. The molecule has 23 heavy (non-hydrogen) atoms. The number of hydrogen-bond acceptors (Lipinski definition) is 6. The van der Waals surface area contributed by atoms with Gasteiger partial charge in [0.25, 0.3) is 0 Å². The number of ether oxygens (including phenoxy) is 2. The number of nitrogens with one attached hydrogen (secondary N) is 1. The van der Waals surface area contributed by atoms with Crippen molar-refractivity contribution in [1.29, 1.82) is 0 Å². The van der Waals surface area contributed by atoms with Crippen molar-refractivity contribution in [3.63, 3.8) is 0 Å². The minimum atomic E-state index is -0.370. The number of carbonyl (C=O) groups excluding carboxylic acids is 2. The molecule has 1 N–H and O–H groups in total. The van der Waals surface area contributed by atoms with E-state index in [0.717, 1.165) is 6.54 Å². The Morgan fingerprint density at radius 3 is 2.87 bits per heavy atom. The van der Waals surface area contributed by atoms with Crippen LogP contribution in [0.5, 0.6) is 0 Å². The highest BCUT2D eigenvalue weighted by atomic mass is 16.5. The van der Waals surface area contributed by atoms with Gasteiger partial charge in [-0.1, -0.05) is 6.92 Å². The summed E-state index contributed by atoms with van der Waals surface area (Å²) in [5, 5.41) is 3.14. The van der Waals surface area contributed by atoms with Crippen molar-refractivity contribution in [2.45, 2.75) is 19.4 Å². The van der Waals surface area contributed by atoms with Crippen molar-refractivity contribution < 1.29 is 19.1 Å². The molecule has 1 aromatic rings. The molecule has 1 saturated carbocycles. The van der Waals surface area contributed by atoms with Crippen LogP contribution in [0, 0.1) is 17.8 Å². The number of aromatic nitrogens is 1. The Bertz CT molecular complexity index is 629. The lowest BCUT2D eigenvalue weighted by Crippen LogP contribution is -2.35. The first kappa shape index (κ1) is 15.5. The van der Waals surface area contributed by atoms with E-state index < -0.39 is 0 Å². The molecule has 1 fully saturated rings. The van der Waals surface area contributed by atoms with E-state index in [4.69, 9.17) is 9.47 Å². The molecule has 0 amide bonds. The molecule has 2 heterocycles. The predicted molar refractivity (Wildman–Crippen MR) is 82.3 cm³/mol. The predicted octanol–water partition coefficient (Wildman–Crippen LogP) is 1.54. The molecule has 1 aliphatic heterocycles. The van der Waals surface area contributed by atoms with Crippen LogP contribution in [-0.4, -0.2) is 36.7 Å². The normalized spacial score (nSPS) is 29.0. The van der Waals surface area contributed by atoms with Crippen LogP contribution in [0.15, 0.2) is 36.3 Å². The van der Waals surface area contributed by atoms with Crippen LogP contribution in [0.3, 0.4) is 0 Å². The Morgan fingerprint density at radius 1 is 1.35 bits per heavy atom. The van der Waals surface area contributed by atoms with Gasteiger partial charge in [0.2, 0.25) is 0 Å². The van der Waals surface area contributed by atoms with Crippen LogP contribution >= 0.6 is 0 Å². The molecule has 0 saturated heterocycles.